The summed E-state index contributed by atoms with van der Waals surface area (Å²) in [5.41, 5.74) is 6.92. The second-order valence-electron chi connectivity index (χ2n) is 5.30. The zero-order valence-electron chi connectivity index (χ0n) is 13.3. The fourth-order valence-electron chi connectivity index (χ4n) is 2.26. The Hall–Kier alpha value is -1.18. The first kappa shape index (κ1) is 18.9. The van der Waals surface area contributed by atoms with E-state index >= 15 is 0 Å². The molecular weight excluding hydrogens is 393 g/mol. The first-order chi connectivity index (χ1) is 10.2. The Balaban J connectivity index is 0.00000242. The molecule has 0 radical (unpaired) electrons. The van der Waals surface area contributed by atoms with Crippen molar-refractivity contribution in [2.75, 3.05) is 20.3 Å². The lowest BCUT2D eigenvalue weighted by Crippen LogP contribution is -2.37. The summed E-state index contributed by atoms with van der Waals surface area (Å²) in [7, 11) is 1.64. The summed E-state index contributed by atoms with van der Waals surface area (Å²) in [4.78, 5) is 4.36. The van der Waals surface area contributed by atoms with Crippen molar-refractivity contribution in [3.63, 3.8) is 0 Å². The molecule has 0 aromatic heterocycles. The van der Waals surface area contributed by atoms with Crippen molar-refractivity contribution in [2.45, 2.75) is 32.7 Å². The van der Waals surface area contributed by atoms with Gasteiger partial charge in [0.05, 0.1) is 20.3 Å². The number of ether oxygens (including phenoxy) is 2. The molecule has 1 aromatic carbocycles. The van der Waals surface area contributed by atoms with Crippen molar-refractivity contribution in [1.29, 1.82) is 0 Å². The van der Waals surface area contributed by atoms with Crippen LogP contribution in [0, 0.1) is 5.92 Å². The van der Waals surface area contributed by atoms with Crippen LogP contribution in [0.4, 0.5) is 0 Å². The third kappa shape index (κ3) is 5.55. The molecule has 1 fully saturated rings. The summed E-state index contributed by atoms with van der Waals surface area (Å²) < 4.78 is 10.8. The smallest absolute Gasteiger partial charge is 0.188 e. The lowest BCUT2D eigenvalue weighted by Gasteiger charge is -2.25. The predicted molar refractivity (Wildman–Crippen MR) is 100 cm³/mol. The van der Waals surface area contributed by atoms with E-state index in [4.69, 9.17) is 15.2 Å². The number of hydrogen-bond acceptors (Lipinski definition) is 3. The number of halogens is 1. The number of methoxy groups -OCH3 is 1. The molecular formula is C16H26IN3O2. The molecule has 1 saturated carbocycles. The number of guanidine groups is 1. The van der Waals surface area contributed by atoms with Crippen molar-refractivity contribution in [2.24, 2.45) is 16.6 Å². The van der Waals surface area contributed by atoms with Crippen LogP contribution < -0.4 is 20.5 Å². The maximum atomic E-state index is 5.88. The van der Waals surface area contributed by atoms with Crippen LogP contribution in [0.1, 0.15) is 31.7 Å². The Labute approximate surface area is 149 Å². The van der Waals surface area contributed by atoms with Gasteiger partial charge in [-0.25, -0.2) is 4.99 Å². The van der Waals surface area contributed by atoms with Crippen molar-refractivity contribution < 1.29 is 9.47 Å². The quantitative estimate of drug-likeness (QED) is 0.405. The molecule has 0 unspecified atom stereocenters. The minimum Gasteiger partial charge on any atom is -0.493 e. The average molecular weight is 419 g/mol. The first-order valence-electron chi connectivity index (χ1n) is 7.56. The lowest BCUT2D eigenvalue weighted by molar-refractivity contribution is 0.310. The van der Waals surface area contributed by atoms with Crippen molar-refractivity contribution >= 4 is 29.9 Å². The van der Waals surface area contributed by atoms with E-state index in [0.29, 0.717) is 19.1 Å². The first-order valence-corrected chi connectivity index (χ1v) is 7.56. The van der Waals surface area contributed by atoms with E-state index in [1.807, 2.05) is 25.1 Å². The molecule has 5 nitrogen and oxygen atoms in total. The van der Waals surface area contributed by atoms with Crippen LogP contribution in [0.25, 0.3) is 0 Å². The molecule has 1 aliphatic carbocycles. The molecule has 124 valence electrons. The number of nitrogens with two attached hydrogens (primary N) is 1. The van der Waals surface area contributed by atoms with Crippen LogP contribution >= 0.6 is 24.0 Å². The predicted octanol–water partition coefficient (Wildman–Crippen LogP) is 2.92. The molecule has 1 aromatic rings. The van der Waals surface area contributed by atoms with Gasteiger partial charge in [-0.05, 0) is 43.4 Å². The number of nitrogens with zero attached hydrogens (tertiary/aromatic N) is 1. The zero-order chi connectivity index (χ0) is 15.1. The van der Waals surface area contributed by atoms with E-state index in [-0.39, 0.29) is 24.0 Å². The van der Waals surface area contributed by atoms with Gasteiger partial charge in [-0.1, -0.05) is 12.5 Å². The van der Waals surface area contributed by atoms with E-state index in [1.165, 1.54) is 19.3 Å². The van der Waals surface area contributed by atoms with Gasteiger partial charge in [0.25, 0.3) is 0 Å². The molecule has 0 aliphatic heterocycles. The second-order valence-corrected chi connectivity index (χ2v) is 5.30. The van der Waals surface area contributed by atoms with Crippen LogP contribution in [0.3, 0.4) is 0 Å². The van der Waals surface area contributed by atoms with Gasteiger partial charge in [0.2, 0.25) is 0 Å². The zero-order valence-corrected chi connectivity index (χ0v) is 15.6. The Morgan fingerprint density at radius 2 is 2.14 bits per heavy atom. The molecule has 2 rings (SSSR count). The van der Waals surface area contributed by atoms with Crippen molar-refractivity contribution in [1.82, 2.24) is 5.32 Å². The maximum Gasteiger partial charge on any atom is 0.188 e. The average Bonchev–Trinajstić information content (AvgIpc) is 2.44. The summed E-state index contributed by atoms with van der Waals surface area (Å²) in [6, 6.07) is 5.83. The SMILES string of the molecule is CCOc1ccc(CN=C(N)NCC2CCC2)cc1OC.I. The molecule has 0 amide bonds. The Kier molecular flexibility index (Phi) is 8.37. The normalized spacial score (nSPS) is 14.7. The largest absolute Gasteiger partial charge is 0.493 e. The van der Waals surface area contributed by atoms with E-state index < -0.39 is 0 Å². The Bertz CT molecular complexity index is 490. The van der Waals surface area contributed by atoms with Gasteiger partial charge in [0.15, 0.2) is 17.5 Å². The van der Waals surface area contributed by atoms with E-state index in [9.17, 15) is 0 Å². The topological polar surface area (TPSA) is 68.9 Å². The van der Waals surface area contributed by atoms with Gasteiger partial charge in [-0.3, -0.25) is 0 Å². The molecule has 0 atom stereocenters. The summed E-state index contributed by atoms with van der Waals surface area (Å²) in [6.45, 7) is 4.03. The van der Waals surface area contributed by atoms with Crippen LogP contribution in [0.5, 0.6) is 11.5 Å². The Morgan fingerprint density at radius 3 is 2.73 bits per heavy atom. The van der Waals surface area contributed by atoms with E-state index in [2.05, 4.69) is 10.3 Å². The molecule has 0 spiro atoms. The number of nitrogens with one attached hydrogen (secondary N) is 1. The van der Waals surface area contributed by atoms with E-state index in [0.717, 1.165) is 29.5 Å². The number of aliphatic imine (C=N–C) groups is 1. The maximum absolute atomic E-state index is 5.88. The number of rotatable bonds is 7. The number of benzene rings is 1. The highest BCUT2D eigenvalue weighted by atomic mass is 127. The second kappa shape index (κ2) is 9.76. The highest BCUT2D eigenvalue weighted by Gasteiger charge is 2.16. The minimum absolute atomic E-state index is 0. The van der Waals surface area contributed by atoms with Gasteiger partial charge >= 0.3 is 0 Å². The fraction of sp³-hybridized carbons (Fsp3) is 0.562. The van der Waals surface area contributed by atoms with Gasteiger partial charge < -0.3 is 20.5 Å². The van der Waals surface area contributed by atoms with Gasteiger partial charge in [0, 0.05) is 6.54 Å². The Morgan fingerprint density at radius 1 is 1.36 bits per heavy atom. The molecule has 0 heterocycles. The molecule has 0 saturated heterocycles. The minimum atomic E-state index is 0. The summed E-state index contributed by atoms with van der Waals surface area (Å²) in [5, 5.41) is 3.19. The van der Waals surface area contributed by atoms with Gasteiger partial charge in [0.1, 0.15) is 0 Å². The van der Waals surface area contributed by atoms with Gasteiger partial charge in [-0.15, -0.1) is 24.0 Å². The molecule has 22 heavy (non-hydrogen) atoms. The van der Waals surface area contributed by atoms with Crippen molar-refractivity contribution in [3.8, 4) is 11.5 Å². The van der Waals surface area contributed by atoms with Crippen LogP contribution in [0.2, 0.25) is 0 Å². The van der Waals surface area contributed by atoms with Crippen LogP contribution in [-0.4, -0.2) is 26.2 Å². The third-order valence-electron chi connectivity index (χ3n) is 3.76. The highest BCUT2D eigenvalue weighted by Crippen LogP contribution is 2.28. The fourth-order valence-corrected chi connectivity index (χ4v) is 2.26. The molecule has 0 bridgehead atoms. The molecule has 1 aliphatic rings. The van der Waals surface area contributed by atoms with Crippen LogP contribution in [0.15, 0.2) is 23.2 Å². The number of hydrogen-bond donors (Lipinski definition) is 2. The van der Waals surface area contributed by atoms with E-state index in [1.54, 1.807) is 7.11 Å². The van der Waals surface area contributed by atoms with Gasteiger partial charge in [-0.2, -0.15) is 0 Å². The summed E-state index contributed by atoms with van der Waals surface area (Å²) >= 11 is 0. The lowest BCUT2D eigenvalue weighted by atomic mass is 9.85. The third-order valence-corrected chi connectivity index (χ3v) is 3.76. The molecule has 6 heteroatoms. The molecule has 3 N–H and O–H groups in total. The monoisotopic (exact) mass is 419 g/mol. The standard InChI is InChI=1S/C16H25N3O2.HI/c1-3-21-14-8-7-13(9-15(14)20-2)11-19-16(17)18-10-12-5-4-6-12;/h7-9,12H,3-6,10-11H2,1-2H3,(H3,17,18,19);1H. The highest BCUT2D eigenvalue weighted by molar-refractivity contribution is 14.0. The van der Waals surface area contributed by atoms with Crippen LogP contribution in [-0.2, 0) is 6.54 Å². The van der Waals surface area contributed by atoms with Crippen molar-refractivity contribution in [3.05, 3.63) is 23.8 Å². The summed E-state index contributed by atoms with van der Waals surface area (Å²) in [5.74, 6) is 2.76. The summed E-state index contributed by atoms with van der Waals surface area (Å²) in [6.07, 6.45) is 3.95.